The molecule has 0 heterocycles. The van der Waals surface area contributed by atoms with Crippen molar-refractivity contribution in [2.75, 3.05) is 6.54 Å². The van der Waals surface area contributed by atoms with Gasteiger partial charge in [-0.1, -0.05) is 20.8 Å². The Kier molecular flexibility index (Phi) is 4.74. The van der Waals surface area contributed by atoms with Crippen molar-refractivity contribution in [3.05, 3.63) is 0 Å². The molecular weight excluding hydrogens is 220 g/mol. The Hall–Kier alpha value is -0.660. The SMILES string of the molecule is CC(C)=NCC1(C)CC(N=C(C)C)CC(C)(C)C1. The smallest absolute Gasteiger partial charge is 0.0509 e. The lowest BCUT2D eigenvalue weighted by atomic mass is 9.63. The standard InChI is InChI=1S/C16H30N2/c1-12(2)17-11-16(7)9-14(18-13(3)4)8-15(5,6)10-16/h14H,8-11H2,1-7H3. The van der Waals surface area contributed by atoms with Gasteiger partial charge in [-0.05, 0) is 57.8 Å². The van der Waals surface area contributed by atoms with Gasteiger partial charge in [0.25, 0.3) is 0 Å². The molecule has 1 aliphatic carbocycles. The van der Waals surface area contributed by atoms with E-state index < -0.39 is 0 Å². The predicted octanol–water partition coefficient (Wildman–Crippen LogP) is 4.53. The molecule has 104 valence electrons. The summed E-state index contributed by atoms with van der Waals surface area (Å²) in [5.41, 5.74) is 3.08. The van der Waals surface area contributed by atoms with Crippen LogP contribution in [0, 0.1) is 10.8 Å². The van der Waals surface area contributed by atoms with Gasteiger partial charge >= 0.3 is 0 Å². The number of aliphatic imine (C=N–C) groups is 2. The van der Waals surface area contributed by atoms with Gasteiger partial charge < -0.3 is 0 Å². The molecule has 2 atom stereocenters. The topological polar surface area (TPSA) is 24.7 Å². The van der Waals surface area contributed by atoms with Gasteiger partial charge in [-0.3, -0.25) is 9.98 Å². The van der Waals surface area contributed by atoms with Crippen LogP contribution in [0.25, 0.3) is 0 Å². The van der Waals surface area contributed by atoms with Gasteiger partial charge in [-0.2, -0.15) is 0 Å². The summed E-state index contributed by atoms with van der Waals surface area (Å²) in [5.74, 6) is 0. The molecule has 0 spiro atoms. The quantitative estimate of drug-likeness (QED) is 0.657. The van der Waals surface area contributed by atoms with E-state index >= 15 is 0 Å². The highest BCUT2D eigenvalue weighted by Crippen LogP contribution is 2.47. The van der Waals surface area contributed by atoms with Crippen molar-refractivity contribution in [2.24, 2.45) is 20.8 Å². The lowest BCUT2D eigenvalue weighted by molar-refractivity contribution is 0.0915. The minimum atomic E-state index is 0.308. The van der Waals surface area contributed by atoms with Crippen molar-refractivity contribution in [2.45, 2.75) is 73.8 Å². The van der Waals surface area contributed by atoms with Crippen molar-refractivity contribution in [1.82, 2.24) is 0 Å². The summed E-state index contributed by atoms with van der Waals surface area (Å²) < 4.78 is 0. The third-order valence-electron chi connectivity index (χ3n) is 3.64. The van der Waals surface area contributed by atoms with E-state index in [1.165, 1.54) is 30.7 Å². The van der Waals surface area contributed by atoms with Gasteiger partial charge in [0.1, 0.15) is 0 Å². The first-order valence-corrected chi connectivity index (χ1v) is 7.11. The van der Waals surface area contributed by atoms with Crippen LogP contribution in [-0.4, -0.2) is 24.0 Å². The number of nitrogens with zero attached hydrogens (tertiary/aromatic N) is 2. The Morgan fingerprint density at radius 1 is 1.00 bits per heavy atom. The summed E-state index contributed by atoms with van der Waals surface area (Å²) in [4.78, 5) is 9.49. The Bertz CT molecular complexity index is 344. The number of hydrogen-bond acceptors (Lipinski definition) is 2. The van der Waals surface area contributed by atoms with E-state index in [9.17, 15) is 0 Å². The molecule has 1 saturated carbocycles. The molecule has 0 N–H and O–H groups in total. The van der Waals surface area contributed by atoms with E-state index in [0.29, 0.717) is 16.9 Å². The average molecular weight is 250 g/mol. The largest absolute Gasteiger partial charge is 0.294 e. The van der Waals surface area contributed by atoms with Crippen molar-refractivity contribution >= 4 is 11.4 Å². The van der Waals surface area contributed by atoms with Crippen LogP contribution < -0.4 is 0 Å². The fourth-order valence-electron chi connectivity index (χ4n) is 3.50. The molecule has 0 saturated heterocycles. The number of rotatable bonds is 3. The van der Waals surface area contributed by atoms with Crippen molar-refractivity contribution in [3.63, 3.8) is 0 Å². The summed E-state index contributed by atoms with van der Waals surface area (Å²) >= 11 is 0. The van der Waals surface area contributed by atoms with Crippen molar-refractivity contribution in [3.8, 4) is 0 Å². The Labute approximate surface area is 113 Å². The lowest BCUT2D eigenvalue weighted by Gasteiger charge is -2.45. The summed E-state index contributed by atoms with van der Waals surface area (Å²) in [7, 11) is 0. The van der Waals surface area contributed by atoms with Gasteiger partial charge in [0.05, 0.1) is 6.04 Å². The van der Waals surface area contributed by atoms with Crippen molar-refractivity contribution in [1.29, 1.82) is 0 Å². The molecule has 0 aliphatic heterocycles. The highest BCUT2D eigenvalue weighted by atomic mass is 14.8. The molecule has 18 heavy (non-hydrogen) atoms. The van der Waals surface area contributed by atoms with Crippen LogP contribution in [0.5, 0.6) is 0 Å². The van der Waals surface area contributed by atoms with Crippen molar-refractivity contribution < 1.29 is 0 Å². The second-order valence-electron chi connectivity index (χ2n) is 7.55. The summed E-state index contributed by atoms with van der Waals surface area (Å²) in [5, 5.41) is 0. The first-order valence-electron chi connectivity index (χ1n) is 7.11. The first kappa shape index (κ1) is 15.4. The van der Waals surface area contributed by atoms with Gasteiger partial charge in [-0.15, -0.1) is 0 Å². The van der Waals surface area contributed by atoms with E-state index in [0.717, 1.165) is 6.54 Å². The van der Waals surface area contributed by atoms with Crippen LogP contribution in [0.3, 0.4) is 0 Å². The van der Waals surface area contributed by atoms with Crippen LogP contribution in [0.15, 0.2) is 9.98 Å². The molecule has 1 fully saturated rings. The normalized spacial score (nSPS) is 30.7. The molecular formula is C16H30N2. The molecule has 0 aromatic heterocycles. The van der Waals surface area contributed by atoms with Crippen LogP contribution >= 0.6 is 0 Å². The third kappa shape index (κ3) is 4.91. The summed E-state index contributed by atoms with van der Waals surface area (Å²) in [6.45, 7) is 16.5. The highest BCUT2D eigenvalue weighted by molar-refractivity contribution is 5.79. The maximum absolute atomic E-state index is 4.82. The highest BCUT2D eigenvalue weighted by Gasteiger charge is 2.40. The summed E-state index contributed by atoms with van der Waals surface area (Å²) in [6.07, 6.45) is 3.65. The Balaban J connectivity index is 2.86. The van der Waals surface area contributed by atoms with E-state index in [1.807, 2.05) is 0 Å². The van der Waals surface area contributed by atoms with E-state index in [-0.39, 0.29) is 0 Å². The minimum Gasteiger partial charge on any atom is -0.294 e. The molecule has 0 aromatic rings. The molecule has 2 nitrogen and oxygen atoms in total. The van der Waals surface area contributed by atoms with E-state index in [1.54, 1.807) is 0 Å². The van der Waals surface area contributed by atoms with Crippen LogP contribution in [-0.2, 0) is 0 Å². The van der Waals surface area contributed by atoms with Gasteiger partial charge in [0.2, 0.25) is 0 Å². The maximum Gasteiger partial charge on any atom is 0.0509 e. The average Bonchev–Trinajstić information content (AvgIpc) is 2.10. The second kappa shape index (κ2) is 5.54. The molecule has 1 rings (SSSR count). The van der Waals surface area contributed by atoms with Gasteiger partial charge in [-0.25, -0.2) is 0 Å². The molecule has 2 unspecified atom stereocenters. The van der Waals surface area contributed by atoms with E-state index in [2.05, 4.69) is 53.5 Å². The molecule has 0 radical (unpaired) electrons. The molecule has 0 bridgehead atoms. The fraction of sp³-hybridized carbons (Fsp3) is 0.875. The minimum absolute atomic E-state index is 0.308. The van der Waals surface area contributed by atoms with Crippen LogP contribution in [0.1, 0.15) is 67.7 Å². The van der Waals surface area contributed by atoms with Crippen LogP contribution in [0.2, 0.25) is 0 Å². The maximum atomic E-state index is 4.82. The Morgan fingerprint density at radius 3 is 2.11 bits per heavy atom. The first-order chi connectivity index (χ1) is 8.12. The fourth-order valence-corrected chi connectivity index (χ4v) is 3.50. The zero-order chi connectivity index (χ0) is 14.0. The molecule has 2 heteroatoms. The second-order valence-corrected chi connectivity index (χ2v) is 7.55. The predicted molar refractivity (Wildman–Crippen MR) is 82.0 cm³/mol. The zero-order valence-electron chi connectivity index (χ0n) is 13.3. The number of hydrogen-bond donors (Lipinski definition) is 0. The third-order valence-corrected chi connectivity index (χ3v) is 3.64. The lowest BCUT2D eigenvalue weighted by Crippen LogP contribution is -2.39. The monoisotopic (exact) mass is 250 g/mol. The van der Waals surface area contributed by atoms with E-state index in [4.69, 9.17) is 4.99 Å². The van der Waals surface area contributed by atoms with Crippen LogP contribution in [0.4, 0.5) is 0 Å². The molecule has 0 aromatic carbocycles. The Morgan fingerprint density at radius 2 is 1.61 bits per heavy atom. The molecule has 1 aliphatic rings. The van der Waals surface area contributed by atoms with Gasteiger partial charge in [0.15, 0.2) is 0 Å². The summed E-state index contributed by atoms with van der Waals surface area (Å²) in [6, 6.07) is 0.483. The molecule has 0 amide bonds. The van der Waals surface area contributed by atoms with Gasteiger partial charge in [0, 0.05) is 18.0 Å². The zero-order valence-corrected chi connectivity index (χ0v) is 13.3.